The van der Waals surface area contributed by atoms with E-state index in [2.05, 4.69) is 23.3 Å². The van der Waals surface area contributed by atoms with Crippen molar-refractivity contribution in [3.63, 3.8) is 0 Å². The van der Waals surface area contributed by atoms with E-state index in [0.29, 0.717) is 18.8 Å². The van der Waals surface area contributed by atoms with Crippen molar-refractivity contribution in [1.29, 1.82) is 0 Å². The highest BCUT2D eigenvalue weighted by molar-refractivity contribution is 5.96. The van der Waals surface area contributed by atoms with E-state index in [1.54, 1.807) is 18.9 Å². The van der Waals surface area contributed by atoms with Crippen molar-refractivity contribution >= 4 is 5.91 Å². The van der Waals surface area contributed by atoms with E-state index in [4.69, 9.17) is 0 Å². The van der Waals surface area contributed by atoms with Crippen LogP contribution in [0.15, 0.2) is 18.2 Å². The molecule has 2 aromatic rings. The lowest BCUT2D eigenvalue weighted by Crippen LogP contribution is -2.36. The summed E-state index contributed by atoms with van der Waals surface area (Å²) in [6, 6.07) is 6.18. The van der Waals surface area contributed by atoms with Gasteiger partial charge in [-0.25, -0.2) is 8.78 Å². The molecule has 23 heavy (non-hydrogen) atoms. The monoisotopic (exact) mass is 319 g/mol. The van der Waals surface area contributed by atoms with Gasteiger partial charge in [-0.15, -0.1) is 0 Å². The van der Waals surface area contributed by atoms with Crippen LogP contribution in [0.5, 0.6) is 0 Å². The van der Waals surface area contributed by atoms with Crippen LogP contribution in [0.4, 0.5) is 8.78 Å². The Morgan fingerprint density at radius 1 is 1.26 bits per heavy atom. The van der Waals surface area contributed by atoms with Crippen LogP contribution in [0, 0.1) is 13.8 Å². The molecule has 1 amide bonds. The molecule has 0 aliphatic carbocycles. The van der Waals surface area contributed by atoms with Gasteiger partial charge < -0.3 is 4.90 Å². The van der Waals surface area contributed by atoms with E-state index in [-0.39, 0.29) is 11.5 Å². The minimum absolute atomic E-state index is 0.0404. The third kappa shape index (κ3) is 2.73. The molecule has 1 aromatic heterocycles. The van der Waals surface area contributed by atoms with Crippen molar-refractivity contribution in [1.82, 2.24) is 14.7 Å². The number of amides is 1. The molecule has 0 saturated carbocycles. The Kier molecular flexibility index (Phi) is 3.92. The smallest absolute Gasteiger partial charge is 0.282 e. The molecule has 4 nitrogen and oxygen atoms in total. The second-order valence-corrected chi connectivity index (χ2v) is 6.02. The molecule has 6 heteroatoms. The number of aromatic nitrogens is 2. The Labute approximate surface area is 133 Å². The SMILES string of the molecule is Cc1ccc2c(c1)CN(C(=O)c1c(C(F)F)nn(C)c1C)CC2. The van der Waals surface area contributed by atoms with Crippen LogP contribution in [-0.2, 0) is 20.0 Å². The minimum atomic E-state index is -2.76. The van der Waals surface area contributed by atoms with E-state index in [1.165, 1.54) is 10.2 Å². The molecule has 0 atom stereocenters. The number of nitrogens with zero attached hydrogens (tertiary/aromatic N) is 3. The standard InChI is InChI=1S/C17H19F2N3O/c1-10-4-5-12-6-7-22(9-13(12)8-10)17(23)14-11(2)21(3)20-15(14)16(18)19/h4-5,8,16H,6-7,9H2,1-3H3. The lowest BCUT2D eigenvalue weighted by molar-refractivity contribution is 0.0721. The number of aryl methyl sites for hydroxylation is 2. The number of carbonyl (C=O) groups excluding carboxylic acids is 1. The topological polar surface area (TPSA) is 38.1 Å². The fourth-order valence-corrected chi connectivity index (χ4v) is 3.07. The molecular weight excluding hydrogens is 300 g/mol. The zero-order valence-electron chi connectivity index (χ0n) is 13.4. The van der Waals surface area contributed by atoms with Crippen LogP contribution in [0.25, 0.3) is 0 Å². The Morgan fingerprint density at radius 2 is 2.00 bits per heavy atom. The molecule has 2 heterocycles. The predicted molar refractivity (Wildman–Crippen MR) is 82.5 cm³/mol. The Bertz CT molecular complexity index is 767. The van der Waals surface area contributed by atoms with E-state index in [9.17, 15) is 13.6 Å². The summed E-state index contributed by atoms with van der Waals surface area (Å²) in [5, 5.41) is 3.80. The van der Waals surface area contributed by atoms with Gasteiger partial charge in [0.05, 0.1) is 5.56 Å². The van der Waals surface area contributed by atoms with Gasteiger partial charge in [0.2, 0.25) is 0 Å². The summed E-state index contributed by atoms with van der Waals surface area (Å²) in [6.07, 6.45) is -2.02. The second-order valence-electron chi connectivity index (χ2n) is 6.02. The summed E-state index contributed by atoms with van der Waals surface area (Å²) < 4.78 is 27.7. The normalized spacial score (nSPS) is 14.3. The molecule has 0 bridgehead atoms. The van der Waals surface area contributed by atoms with Gasteiger partial charge in [-0.1, -0.05) is 23.8 Å². The fraction of sp³-hybridized carbons (Fsp3) is 0.412. The van der Waals surface area contributed by atoms with Crippen molar-refractivity contribution in [2.75, 3.05) is 6.54 Å². The van der Waals surface area contributed by atoms with Gasteiger partial charge in [0, 0.05) is 25.8 Å². The van der Waals surface area contributed by atoms with Gasteiger partial charge in [0.15, 0.2) is 0 Å². The average Bonchev–Trinajstić information content (AvgIpc) is 2.81. The zero-order chi connectivity index (χ0) is 16.7. The van der Waals surface area contributed by atoms with E-state index >= 15 is 0 Å². The molecule has 3 rings (SSSR count). The molecular formula is C17H19F2N3O. The first kappa shape index (κ1) is 15.6. The second kappa shape index (κ2) is 5.76. The van der Waals surface area contributed by atoms with E-state index < -0.39 is 12.1 Å². The summed E-state index contributed by atoms with van der Waals surface area (Å²) in [5.74, 6) is -0.363. The maximum atomic E-state index is 13.2. The molecule has 0 N–H and O–H groups in total. The number of hydrogen-bond donors (Lipinski definition) is 0. The van der Waals surface area contributed by atoms with Gasteiger partial charge in [-0.3, -0.25) is 9.48 Å². The Balaban J connectivity index is 1.93. The van der Waals surface area contributed by atoms with Crippen LogP contribution in [0.1, 0.15) is 44.9 Å². The predicted octanol–water partition coefficient (Wildman–Crippen LogP) is 3.17. The van der Waals surface area contributed by atoms with Crippen LogP contribution in [-0.4, -0.2) is 27.1 Å². The number of fused-ring (bicyclic) bond motifs is 1. The van der Waals surface area contributed by atoms with Crippen molar-refractivity contribution in [2.24, 2.45) is 7.05 Å². The highest BCUT2D eigenvalue weighted by atomic mass is 19.3. The summed E-state index contributed by atoms with van der Waals surface area (Å²) in [4.78, 5) is 14.4. The number of alkyl halides is 2. The van der Waals surface area contributed by atoms with Crippen molar-refractivity contribution in [2.45, 2.75) is 33.2 Å². The number of carbonyl (C=O) groups is 1. The third-order valence-electron chi connectivity index (χ3n) is 4.44. The number of benzene rings is 1. The Morgan fingerprint density at radius 3 is 2.70 bits per heavy atom. The first-order valence-electron chi connectivity index (χ1n) is 7.57. The van der Waals surface area contributed by atoms with E-state index in [1.807, 2.05) is 6.92 Å². The number of halogens is 2. The molecule has 1 aliphatic rings. The van der Waals surface area contributed by atoms with Gasteiger partial charge >= 0.3 is 0 Å². The zero-order valence-corrected chi connectivity index (χ0v) is 13.4. The summed E-state index contributed by atoms with van der Waals surface area (Å²) in [5.41, 5.74) is 3.52. The number of rotatable bonds is 2. The van der Waals surface area contributed by atoms with Gasteiger partial charge in [-0.2, -0.15) is 5.10 Å². The van der Waals surface area contributed by atoms with Crippen molar-refractivity contribution in [3.8, 4) is 0 Å². The third-order valence-corrected chi connectivity index (χ3v) is 4.44. The van der Waals surface area contributed by atoms with Crippen LogP contribution in [0.2, 0.25) is 0 Å². The molecule has 0 fully saturated rings. The maximum absolute atomic E-state index is 13.2. The molecule has 0 saturated heterocycles. The Hall–Kier alpha value is -2.24. The van der Waals surface area contributed by atoms with Crippen LogP contribution >= 0.6 is 0 Å². The lowest BCUT2D eigenvalue weighted by Gasteiger charge is -2.29. The van der Waals surface area contributed by atoms with Gasteiger partial charge in [0.25, 0.3) is 12.3 Å². The molecule has 122 valence electrons. The molecule has 0 spiro atoms. The first-order chi connectivity index (χ1) is 10.9. The van der Waals surface area contributed by atoms with Crippen molar-refractivity contribution < 1.29 is 13.6 Å². The molecule has 0 radical (unpaired) electrons. The largest absolute Gasteiger partial charge is 0.334 e. The van der Waals surface area contributed by atoms with Crippen LogP contribution in [0.3, 0.4) is 0 Å². The summed E-state index contributed by atoms with van der Waals surface area (Å²) in [7, 11) is 1.58. The fourth-order valence-electron chi connectivity index (χ4n) is 3.07. The van der Waals surface area contributed by atoms with Crippen molar-refractivity contribution in [3.05, 3.63) is 51.8 Å². The van der Waals surface area contributed by atoms with Gasteiger partial charge in [-0.05, 0) is 31.4 Å². The van der Waals surface area contributed by atoms with Gasteiger partial charge in [0.1, 0.15) is 5.69 Å². The summed E-state index contributed by atoms with van der Waals surface area (Å²) >= 11 is 0. The maximum Gasteiger partial charge on any atom is 0.282 e. The highest BCUT2D eigenvalue weighted by Crippen LogP contribution is 2.28. The summed E-state index contributed by atoms with van der Waals surface area (Å²) in [6.45, 7) is 4.63. The molecule has 1 aromatic carbocycles. The lowest BCUT2D eigenvalue weighted by atomic mass is 9.97. The molecule has 1 aliphatic heterocycles. The van der Waals surface area contributed by atoms with Crippen LogP contribution < -0.4 is 0 Å². The highest BCUT2D eigenvalue weighted by Gasteiger charge is 2.30. The molecule has 0 unspecified atom stereocenters. The average molecular weight is 319 g/mol. The first-order valence-corrected chi connectivity index (χ1v) is 7.57. The number of hydrogen-bond acceptors (Lipinski definition) is 2. The quantitative estimate of drug-likeness (QED) is 0.853. The van der Waals surface area contributed by atoms with E-state index in [0.717, 1.165) is 17.5 Å². The minimum Gasteiger partial charge on any atom is -0.334 e.